The SMILES string of the molecule is CC(C)CC(CCC=C=C=O)N(Nc1n[nH]c(=S)s1)C(=O)OCc1ccccc1. The van der Waals surface area contributed by atoms with E-state index in [1.54, 1.807) is 12.0 Å². The zero-order chi connectivity index (χ0) is 21.1. The number of hydrogen-bond donors (Lipinski definition) is 2. The third kappa shape index (κ3) is 8.05. The molecule has 9 heteroatoms. The number of amides is 1. The Hall–Kier alpha value is -2.70. The fraction of sp³-hybridized carbons (Fsp3) is 0.400. The first-order valence-electron chi connectivity index (χ1n) is 9.26. The Morgan fingerprint density at radius 3 is 2.79 bits per heavy atom. The summed E-state index contributed by atoms with van der Waals surface area (Å²) in [5.74, 6) is 1.96. The van der Waals surface area contributed by atoms with Crippen LogP contribution in [0.5, 0.6) is 0 Å². The third-order valence-electron chi connectivity index (χ3n) is 3.97. The summed E-state index contributed by atoms with van der Waals surface area (Å²) in [6.07, 6.45) is 3.05. The maximum absolute atomic E-state index is 12.9. The molecular formula is C20H24N4O3S2. The summed E-state index contributed by atoms with van der Waals surface area (Å²) < 4.78 is 6.04. The number of carbonyl (C=O) groups is 1. The molecule has 154 valence electrons. The van der Waals surface area contributed by atoms with Gasteiger partial charge in [-0.2, -0.15) is 0 Å². The summed E-state index contributed by atoms with van der Waals surface area (Å²) in [5, 5.41) is 8.71. The van der Waals surface area contributed by atoms with E-state index in [0.717, 1.165) is 12.0 Å². The van der Waals surface area contributed by atoms with Crippen LogP contribution in [0.25, 0.3) is 0 Å². The predicted molar refractivity (Wildman–Crippen MR) is 116 cm³/mol. The molecule has 1 unspecified atom stereocenters. The molecule has 0 fully saturated rings. The molecule has 0 saturated heterocycles. The fourth-order valence-corrected chi connectivity index (χ4v) is 3.53. The van der Waals surface area contributed by atoms with Crippen LogP contribution in [0.15, 0.2) is 42.1 Å². The summed E-state index contributed by atoms with van der Waals surface area (Å²) in [7, 11) is 0. The molecule has 1 aromatic carbocycles. The van der Waals surface area contributed by atoms with Crippen LogP contribution in [0.4, 0.5) is 9.93 Å². The van der Waals surface area contributed by atoms with E-state index in [9.17, 15) is 9.59 Å². The van der Waals surface area contributed by atoms with Crippen molar-refractivity contribution in [2.24, 2.45) is 5.92 Å². The summed E-state index contributed by atoms with van der Waals surface area (Å²) in [4.78, 5) is 23.3. The Kier molecular flexibility index (Phi) is 9.34. The lowest BCUT2D eigenvalue weighted by atomic mass is 9.99. The van der Waals surface area contributed by atoms with Crippen LogP contribution in [0, 0.1) is 9.87 Å². The molecule has 1 atom stereocenters. The van der Waals surface area contributed by atoms with Gasteiger partial charge in [-0.05, 0) is 54.8 Å². The highest BCUT2D eigenvalue weighted by Crippen LogP contribution is 2.21. The Morgan fingerprint density at radius 2 is 2.17 bits per heavy atom. The topological polar surface area (TPSA) is 87.3 Å². The number of anilines is 1. The Bertz CT molecular complexity index is 913. The van der Waals surface area contributed by atoms with Gasteiger partial charge in [0.1, 0.15) is 6.61 Å². The van der Waals surface area contributed by atoms with Crippen molar-refractivity contribution >= 4 is 40.7 Å². The number of H-pyrrole nitrogens is 1. The van der Waals surface area contributed by atoms with E-state index in [2.05, 4.69) is 35.2 Å². The molecule has 2 N–H and O–H groups in total. The molecule has 0 saturated carbocycles. The molecule has 0 aliphatic rings. The zero-order valence-electron chi connectivity index (χ0n) is 16.4. The van der Waals surface area contributed by atoms with Crippen molar-refractivity contribution in [1.29, 1.82) is 0 Å². The molecule has 1 aromatic heterocycles. The quantitative estimate of drug-likeness (QED) is 0.240. The van der Waals surface area contributed by atoms with Crippen LogP contribution in [0.3, 0.4) is 0 Å². The number of aromatic amines is 1. The molecule has 0 radical (unpaired) electrons. The lowest BCUT2D eigenvalue weighted by Crippen LogP contribution is -2.45. The average molecular weight is 433 g/mol. The van der Waals surface area contributed by atoms with Crippen LogP contribution in [0.2, 0.25) is 0 Å². The largest absolute Gasteiger partial charge is 0.443 e. The lowest BCUT2D eigenvalue weighted by molar-refractivity contribution is 0.0848. The molecule has 0 aliphatic carbocycles. The van der Waals surface area contributed by atoms with Crippen LogP contribution in [-0.4, -0.2) is 33.3 Å². The van der Waals surface area contributed by atoms with Crippen molar-refractivity contribution in [2.45, 2.75) is 45.8 Å². The maximum atomic E-state index is 12.9. The van der Waals surface area contributed by atoms with Crippen LogP contribution < -0.4 is 5.43 Å². The van der Waals surface area contributed by atoms with Crippen molar-refractivity contribution in [3.8, 4) is 0 Å². The van der Waals surface area contributed by atoms with Gasteiger partial charge >= 0.3 is 6.09 Å². The van der Waals surface area contributed by atoms with Crippen molar-refractivity contribution in [2.75, 3.05) is 5.43 Å². The molecule has 1 heterocycles. The lowest BCUT2D eigenvalue weighted by Gasteiger charge is -2.31. The van der Waals surface area contributed by atoms with Crippen molar-refractivity contribution in [3.63, 3.8) is 0 Å². The van der Waals surface area contributed by atoms with Gasteiger partial charge < -0.3 is 4.74 Å². The summed E-state index contributed by atoms with van der Waals surface area (Å²) >= 11 is 6.31. The zero-order valence-corrected chi connectivity index (χ0v) is 18.0. The summed E-state index contributed by atoms with van der Waals surface area (Å²) in [5.41, 5.74) is 6.35. The number of hydrazine groups is 1. The highest BCUT2D eigenvalue weighted by atomic mass is 32.1. The number of allylic oxidation sites excluding steroid dienone is 1. The monoisotopic (exact) mass is 432 g/mol. The standard InChI is InChI=1S/C20H24N4O3S2/c1-15(2)13-17(11-7-4-8-12-25)24(23-18-21-22-19(28)29-18)20(26)27-14-16-9-5-3-6-10-16/h3-6,9-10,15,17H,7,11,13-14H2,1-2H3,(H,21,23)(H,22,28). The number of rotatable bonds is 10. The molecular weight excluding hydrogens is 408 g/mol. The number of nitrogens with zero attached hydrogens (tertiary/aromatic N) is 2. The van der Waals surface area contributed by atoms with Gasteiger partial charge in [0, 0.05) is 0 Å². The molecule has 2 aromatic rings. The van der Waals surface area contributed by atoms with E-state index in [0.29, 0.717) is 27.8 Å². The number of nitrogens with one attached hydrogen (secondary N) is 2. The van der Waals surface area contributed by atoms with E-state index in [1.807, 2.05) is 30.3 Å². The van der Waals surface area contributed by atoms with Gasteiger partial charge in [0.25, 0.3) is 0 Å². The minimum Gasteiger partial charge on any atom is -0.443 e. The number of hydrogen-bond acceptors (Lipinski definition) is 7. The van der Waals surface area contributed by atoms with Gasteiger partial charge in [-0.3, -0.25) is 10.5 Å². The van der Waals surface area contributed by atoms with Crippen molar-refractivity contribution in [1.82, 2.24) is 15.2 Å². The van der Waals surface area contributed by atoms with Crippen molar-refractivity contribution < 1.29 is 14.3 Å². The van der Waals surface area contributed by atoms with Gasteiger partial charge in [0.05, 0.1) is 6.04 Å². The average Bonchev–Trinajstić information content (AvgIpc) is 3.12. The Balaban J connectivity index is 2.18. The van der Waals surface area contributed by atoms with Gasteiger partial charge in [0.15, 0.2) is 9.90 Å². The first kappa shape index (κ1) is 22.6. The first-order valence-corrected chi connectivity index (χ1v) is 10.5. The van der Waals surface area contributed by atoms with E-state index >= 15 is 0 Å². The van der Waals surface area contributed by atoms with Gasteiger partial charge in [0.2, 0.25) is 5.13 Å². The van der Waals surface area contributed by atoms with E-state index in [1.165, 1.54) is 16.3 Å². The molecule has 0 spiro atoms. The van der Waals surface area contributed by atoms with Crippen LogP contribution in [0.1, 0.15) is 38.7 Å². The Morgan fingerprint density at radius 1 is 1.41 bits per heavy atom. The Labute approximate surface area is 179 Å². The predicted octanol–water partition coefficient (Wildman–Crippen LogP) is 4.90. The van der Waals surface area contributed by atoms with Gasteiger partial charge in [-0.1, -0.05) is 55.5 Å². The highest BCUT2D eigenvalue weighted by Gasteiger charge is 2.27. The summed E-state index contributed by atoms with van der Waals surface area (Å²) in [6, 6.07) is 9.30. The molecule has 0 bridgehead atoms. The molecule has 29 heavy (non-hydrogen) atoms. The van der Waals surface area contributed by atoms with Crippen LogP contribution >= 0.6 is 23.6 Å². The number of ether oxygens (including phenoxy) is 1. The van der Waals surface area contributed by atoms with E-state index in [-0.39, 0.29) is 12.6 Å². The normalized spacial score (nSPS) is 11.3. The second-order valence-electron chi connectivity index (χ2n) is 6.75. The minimum absolute atomic E-state index is 0.163. The maximum Gasteiger partial charge on any atom is 0.429 e. The first-order chi connectivity index (χ1) is 14.0. The van der Waals surface area contributed by atoms with E-state index in [4.69, 9.17) is 17.0 Å². The number of carbonyl (C=O) groups excluding carboxylic acids is 2. The molecule has 7 nitrogen and oxygen atoms in total. The smallest absolute Gasteiger partial charge is 0.429 e. The fourth-order valence-electron chi connectivity index (χ4n) is 2.74. The number of benzene rings is 1. The van der Waals surface area contributed by atoms with Gasteiger partial charge in [-0.25, -0.2) is 14.6 Å². The van der Waals surface area contributed by atoms with Gasteiger partial charge in [-0.15, -0.1) is 5.10 Å². The third-order valence-corrected chi connectivity index (χ3v) is 4.96. The number of aromatic nitrogens is 2. The molecule has 1 amide bonds. The van der Waals surface area contributed by atoms with Crippen LogP contribution in [-0.2, 0) is 16.1 Å². The molecule has 2 rings (SSSR count). The second kappa shape index (κ2) is 12.0. The summed E-state index contributed by atoms with van der Waals surface area (Å²) in [6.45, 7) is 4.33. The second-order valence-corrected chi connectivity index (χ2v) is 8.42. The van der Waals surface area contributed by atoms with E-state index < -0.39 is 6.09 Å². The van der Waals surface area contributed by atoms with Crippen molar-refractivity contribution in [3.05, 3.63) is 51.7 Å². The minimum atomic E-state index is -0.504. The molecule has 0 aliphatic heterocycles. The highest BCUT2D eigenvalue weighted by molar-refractivity contribution is 7.73.